The molecule has 3 heterocycles. The maximum atomic E-state index is 12.1. The zero-order chi connectivity index (χ0) is 17.6. The number of aromatic nitrogens is 2. The highest BCUT2D eigenvalue weighted by Gasteiger charge is 2.33. The number of hydrogen-bond acceptors (Lipinski definition) is 5. The van der Waals surface area contributed by atoms with Crippen molar-refractivity contribution in [1.29, 1.82) is 0 Å². The first-order valence-corrected chi connectivity index (χ1v) is 8.06. The lowest BCUT2D eigenvalue weighted by atomic mass is 10.2. The number of hydrogen-bond donors (Lipinski definition) is 1. The minimum atomic E-state index is -0.426. The van der Waals surface area contributed by atoms with Gasteiger partial charge in [0.1, 0.15) is 18.5 Å². The van der Waals surface area contributed by atoms with Crippen LogP contribution in [0.4, 0.5) is 10.5 Å². The van der Waals surface area contributed by atoms with Crippen LogP contribution in [-0.2, 0) is 16.1 Å². The van der Waals surface area contributed by atoms with Crippen LogP contribution in [-0.4, -0.2) is 40.7 Å². The van der Waals surface area contributed by atoms with E-state index in [1.54, 1.807) is 4.90 Å². The second-order valence-corrected chi connectivity index (χ2v) is 6.16. The van der Waals surface area contributed by atoms with Crippen LogP contribution < -0.4 is 15.0 Å². The maximum Gasteiger partial charge on any atom is 0.414 e. The van der Waals surface area contributed by atoms with E-state index in [9.17, 15) is 9.59 Å². The molecular formula is C17H18N4O4. The summed E-state index contributed by atoms with van der Waals surface area (Å²) in [6.07, 6.45) is 1.17. The molecule has 0 radical (unpaired) electrons. The van der Waals surface area contributed by atoms with Gasteiger partial charge in [0.05, 0.1) is 30.2 Å². The molecule has 2 aliphatic rings. The molecule has 0 aliphatic carbocycles. The number of aryl methyl sites for hydroxylation is 1. The van der Waals surface area contributed by atoms with Crippen LogP contribution in [0.5, 0.6) is 5.75 Å². The summed E-state index contributed by atoms with van der Waals surface area (Å²) in [6, 6.07) is 5.59. The van der Waals surface area contributed by atoms with Crippen molar-refractivity contribution in [3.8, 4) is 11.4 Å². The van der Waals surface area contributed by atoms with E-state index in [4.69, 9.17) is 9.47 Å². The fourth-order valence-electron chi connectivity index (χ4n) is 3.08. The topological polar surface area (TPSA) is 85.7 Å². The first-order valence-electron chi connectivity index (χ1n) is 8.06. The standard InChI is InChI=1S/C17H18N4O4/c1-10-7-21-14-4-3-12(5-15(14)24-9-16(21)19-10)20-8-13(25-17(20)23)6-18-11(2)22/h3-5,7,13H,6,8-9H2,1-2H3,(H,18,22)/t13-/m0/s1. The van der Waals surface area contributed by atoms with E-state index >= 15 is 0 Å². The Labute approximate surface area is 144 Å². The molecule has 130 valence electrons. The number of benzene rings is 1. The molecule has 8 nitrogen and oxygen atoms in total. The van der Waals surface area contributed by atoms with Gasteiger partial charge in [0.25, 0.3) is 0 Å². The van der Waals surface area contributed by atoms with Gasteiger partial charge in [-0.1, -0.05) is 0 Å². The van der Waals surface area contributed by atoms with E-state index in [1.807, 2.05) is 35.9 Å². The summed E-state index contributed by atoms with van der Waals surface area (Å²) in [5.41, 5.74) is 2.53. The lowest BCUT2D eigenvalue weighted by molar-refractivity contribution is -0.119. The lowest BCUT2D eigenvalue weighted by Crippen LogP contribution is -2.33. The van der Waals surface area contributed by atoms with Gasteiger partial charge in [-0.3, -0.25) is 14.3 Å². The van der Waals surface area contributed by atoms with Gasteiger partial charge >= 0.3 is 6.09 Å². The number of cyclic esters (lactones) is 1. The molecule has 25 heavy (non-hydrogen) atoms. The first-order chi connectivity index (χ1) is 12.0. The molecule has 0 unspecified atom stereocenters. The Morgan fingerprint density at radius 3 is 3.08 bits per heavy atom. The van der Waals surface area contributed by atoms with Crippen molar-refractivity contribution in [3.63, 3.8) is 0 Å². The summed E-state index contributed by atoms with van der Waals surface area (Å²) < 4.78 is 13.1. The van der Waals surface area contributed by atoms with Crippen molar-refractivity contribution < 1.29 is 19.1 Å². The normalized spacial score (nSPS) is 18.2. The molecule has 0 saturated carbocycles. The molecule has 0 bridgehead atoms. The summed E-state index contributed by atoms with van der Waals surface area (Å²) in [6.45, 7) is 4.44. The molecule has 8 heteroatoms. The van der Waals surface area contributed by atoms with Crippen molar-refractivity contribution in [1.82, 2.24) is 14.9 Å². The third-order valence-corrected chi connectivity index (χ3v) is 4.22. The minimum absolute atomic E-state index is 0.150. The van der Waals surface area contributed by atoms with Gasteiger partial charge in [0.15, 0.2) is 5.82 Å². The van der Waals surface area contributed by atoms with Crippen LogP contribution in [0.3, 0.4) is 0 Å². The fraction of sp³-hybridized carbons (Fsp3) is 0.353. The van der Waals surface area contributed by atoms with Crippen LogP contribution in [0, 0.1) is 6.92 Å². The zero-order valence-corrected chi connectivity index (χ0v) is 14.0. The fourth-order valence-corrected chi connectivity index (χ4v) is 3.08. The Balaban J connectivity index is 1.57. The molecule has 2 aromatic rings. The van der Waals surface area contributed by atoms with Crippen LogP contribution in [0.1, 0.15) is 18.4 Å². The first kappa shape index (κ1) is 15.5. The Morgan fingerprint density at radius 2 is 2.28 bits per heavy atom. The zero-order valence-electron chi connectivity index (χ0n) is 14.0. The largest absolute Gasteiger partial charge is 0.483 e. The maximum absolute atomic E-state index is 12.1. The summed E-state index contributed by atoms with van der Waals surface area (Å²) in [5, 5.41) is 2.67. The van der Waals surface area contributed by atoms with E-state index in [0.29, 0.717) is 31.1 Å². The van der Waals surface area contributed by atoms with Gasteiger partial charge in [0.2, 0.25) is 5.91 Å². The predicted molar refractivity (Wildman–Crippen MR) is 88.9 cm³/mol. The van der Waals surface area contributed by atoms with E-state index in [1.165, 1.54) is 6.92 Å². The van der Waals surface area contributed by atoms with Crippen molar-refractivity contribution in [2.24, 2.45) is 0 Å². The third-order valence-electron chi connectivity index (χ3n) is 4.22. The highest BCUT2D eigenvalue weighted by Crippen LogP contribution is 2.34. The number of nitrogens with one attached hydrogen (secondary N) is 1. The molecule has 4 rings (SSSR count). The molecule has 2 aliphatic heterocycles. The number of amides is 2. The average Bonchev–Trinajstić information content (AvgIpc) is 3.14. The van der Waals surface area contributed by atoms with E-state index in [-0.39, 0.29) is 12.0 Å². The molecule has 1 saturated heterocycles. The van der Waals surface area contributed by atoms with Crippen LogP contribution >= 0.6 is 0 Å². The Hall–Kier alpha value is -3.03. The summed E-state index contributed by atoms with van der Waals surface area (Å²) in [7, 11) is 0. The number of fused-ring (bicyclic) bond motifs is 3. The van der Waals surface area contributed by atoms with Crippen molar-refractivity contribution >= 4 is 17.7 Å². The van der Waals surface area contributed by atoms with Gasteiger partial charge < -0.3 is 14.8 Å². The monoisotopic (exact) mass is 342 g/mol. The Bertz CT molecular complexity index is 860. The van der Waals surface area contributed by atoms with Crippen molar-refractivity contribution in [3.05, 3.63) is 35.9 Å². The van der Waals surface area contributed by atoms with Crippen molar-refractivity contribution in [2.75, 3.05) is 18.0 Å². The molecule has 1 N–H and O–H groups in total. The van der Waals surface area contributed by atoms with Gasteiger partial charge in [-0.15, -0.1) is 0 Å². The molecular weight excluding hydrogens is 324 g/mol. The molecule has 1 atom stereocenters. The average molecular weight is 342 g/mol. The predicted octanol–water partition coefficient (Wildman–Crippen LogP) is 1.53. The van der Waals surface area contributed by atoms with Crippen LogP contribution in [0.15, 0.2) is 24.4 Å². The smallest absolute Gasteiger partial charge is 0.414 e. The van der Waals surface area contributed by atoms with Crippen LogP contribution in [0.25, 0.3) is 5.69 Å². The number of nitrogens with zero attached hydrogens (tertiary/aromatic N) is 3. The number of imidazole rings is 1. The highest BCUT2D eigenvalue weighted by molar-refractivity contribution is 5.90. The summed E-state index contributed by atoms with van der Waals surface area (Å²) in [5.74, 6) is 1.40. The molecule has 1 aromatic heterocycles. The minimum Gasteiger partial charge on any atom is -0.483 e. The van der Waals surface area contributed by atoms with E-state index in [2.05, 4.69) is 10.3 Å². The Kier molecular flexibility index (Phi) is 3.60. The third kappa shape index (κ3) is 2.79. The van der Waals surface area contributed by atoms with E-state index < -0.39 is 6.09 Å². The number of ether oxygens (including phenoxy) is 2. The van der Waals surface area contributed by atoms with Crippen LogP contribution in [0.2, 0.25) is 0 Å². The number of carbonyl (C=O) groups excluding carboxylic acids is 2. The second kappa shape index (κ2) is 5.80. The number of anilines is 1. The van der Waals surface area contributed by atoms with Gasteiger partial charge in [-0.05, 0) is 19.1 Å². The lowest BCUT2D eigenvalue weighted by Gasteiger charge is -2.22. The molecule has 1 fully saturated rings. The molecule has 2 amide bonds. The van der Waals surface area contributed by atoms with Gasteiger partial charge in [-0.2, -0.15) is 0 Å². The van der Waals surface area contributed by atoms with Gasteiger partial charge in [-0.25, -0.2) is 9.78 Å². The number of carbonyl (C=O) groups is 2. The van der Waals surface area contributed by atoms with Crippen molar-refractivity contribution in [2.45, 2.75) is 26.6 Å². The second-order valence-electron chi connectivity index (χ2n) is 6.16. The Morgan fingerprint density at radius 1 is 1.44 bits per heavy atom. The van der Waals surface area contributed by atoms with Gasteiger partial charge in [0, 0.05) is 19.2 Å². The molecule has 1 aromatic carbocycles. The SMILES string of the molecule is CC(=O)NC[C@H]1CN(c2ccc3c(c2)OCc2nc(C)cn2-3)C(=O)O1. The summed E-state index contributed by atoms with van der Waals surface area (Å²) >= 11 is 0. The highest BCUT2D eigenvalue weighted by atomic mass is 16.6. The molecule has 0 spiro atoms. The van der Waals surface area contributed by atoms with E-state index in [0.717, 1.165) is 17.2 Å². The quantitative estimate of drug-likeness (QED) is 0.914. The summed E-state index contributed by atoms with van der Waals surface area (Å²) in [4.78, 5) is 29.1. The number of rotatable bonds is 3.